The van der Waals surface area contributed by atoms with E-state index in [0.717, 1.165) is 5.56 Å². The highest BCUT2D eigenvalue weighted by Crippen LogP contribution is 2.27. The molecule has 0 saturated carbocycles. The number of hydrogen-bond donors (Lipinski definition) is 1. The fraction of sp³-hybridized carbons (Fsp3) is 0.222. The number of benzene rings is 1. The van der Waals surface area contributed by atoms with Gasteiger partial charge in [-0.1, -0.05) is 11.6 Å². The molecule has 0 saturated heterocycles. The Bertz CT molecular complexity index is 436. The third-order valence-electron chi connectivity index (χ3n) is 1.89. The summed E-state index contributed by atoms with van der Waals surface area (Å²) in [6.45, 7) is 1.68. The van der Waals surface area contributed by atoms with E-state index in [1.165, 1.54) is 6.39 Å². The smallest absolute Gasteiger partial charge is 0.182 e. The van der Waals surface area contributed by atoms with E-state index in [4.69, 9.17) is 16.0 Å². The van der Waals surface area contributed by atoms with Crippen molar-refractivity contribution in [2.75, 3.05) is 0 Å². The number of aliphatic hydroxyl groups excluding tert-OH is 1. The number of rotatable bonds is 1. The zero-order valence-corrected chi connectivity index (χ0v) is 7.75. The van der Waals surface area contributed by atoms with Gasteiger partial charge < -0.3 is 9.52 Å². The molecule has 0 aliphatic heterocycles. The van der Waals surface area contributed by atoms with Crippen LogP contribution >= 0.6 is 11.6 Å². The number of aromatic nitrogens is 1. The van der Waals surface area contributed by atoms with Crippen LogP contribution in [0.5, 0.6) is 0 Å². The second-order valence-corrected chi connectivity index (χ2v) is 3.29. The lowest BCUT2D eigenvalue weighted by Crippen LogP contribution is -1.90. The summed E-state index contributed by atoms with van der Waals surface area (Å²) in [6, 6.07) is 3.44. The summed E-state index contributed by atoms with van der Waals surface area (Å²) >= 11 is 5.90. The Morgan fingerprint density at radius 2 is 2.31 bits per heavy atom. The van der Waals surface area contributed by atoms with E-state index in [2.05, 4.69) is 4.98 Å². The summed E-state index contributed by atoms with van der Waals surface area (Å²) in [5.74, 6) is 0. The molecule has 0 spiro atoms. The molecule has 2 aromatic rings. The first-order valence-electron chi connectivity index (χ1n) is 3.89. The van der Waals surface area contributed by atoms with Gasteiger partial charge in [0.1, 0.15) is 5.52 Å². The Balaban J connectivity index is 2.70. The van der Waals surface area contributed by atoms with Gasteiger partial charge >= 0.3 is 0 Å². The van der Waals surface area contributed by atoms with E-state index in [1.54, 1.807) is 19.1 Å². The molecule has 1 N–H and O–H groups in total. The van der Waals surface area contributed by atoms with Crippen molar-refractivity contribution < 1.29 is 9.52 Å². The first kappa shape index (κ1) is 8.53. The van der Waals surface area contributed by atoms with E-state index in [1.807, 2.05) is 0 Å². The summed E-state index contributed by atoms with van der Waals surface area (Å²) in [6.07, 6.45) is 0.793. The van der Waals surface area contributed by atoms with Crippen LogP contribution in [-0.2, 0) is 0 Å². The van der Waals surface area contributed by atoms with Crippen molar-refractivity contribution in [2.45, 2.75) is 13.0 Å². The fourth-order valence-electron chi connectivity index (χ4n) is 1.19. The Labute approximate surface area is 80.0 Å². The van der Waals surface area contributed by atoms with Crippen LogP contribution in [-0.4, -0.2) is 10.1 Å². The van der Waals surface area contributed by atoms with Gasteiger partial charge in [0.05, 0.1) is 11.1 Å². The molecular formula is C9H8ClNO2. The maximum Gasteiger partial charge on any atom is 0.182 e. The van der Waals surface area contributed by atoms with Gasteiger partial charge in [0.15, 0.2) is 12.0 Å². The maximum atomic E-state index is 9.33. The largest absolute Gasteiger partial charge is 0.442 e. The van der Waals surface area contributed by atoms with Crippen molar-refractivity contribution in [2.24, 2.45) is 0 Å². The van der Waals surface area contributed by atoms with Gasteiger partial charge in [-0.2, -0.15) is 0 Å². The molecule has 68 valence electrons. The van der Waals surface area contributed by atoms with Gasteiger partial charge in [-0.25, -0.2) is 4.98 Å². The second-order valence-electron chi connectivity index (χ2n) is 2.88. The van der Waals surface area contributed by atoms with Crippen molar-refractivity contribution in [3.63, 3.8) is 0 Å². The van der Waals surface area contributed by atoms with Crippen molar-refractivity contribution in [1.82, 2.24) is 4.98 Å². The Kier molecular flexibility index (Phi) is 1.98. The molecule has 2 rings (SSSR count). The molecule has 1 atom stereocenters. The topological polar surface area (TPSA) is 46.3 Å². The molecule has 1 aromatic heterocycles. The van der Waals surface area contributed by atoms with Gasteiger partial charge in [-0.05, 0) is 24.6 Å². The highest BCUT2D eigenvalue weighted by molar-refractivity contribution is 6.34. The third-order valence-corrected chi connectivity index (χ3v) is 2.17. The molecule has 0 fully saturated rings. The zero-order valence-electron chi connectivity index (χ0n) is 6.99. The van der Waals surface area contributed by atoms with Crippen molar-refractivity contribution in [3.05, 3.63) is 29.1 Å². The Hall–Kier alpha value is -1.06. The summed E-state index contributed by atoms with van der Waals surface area (Å²) < 4.78 is 5.06. The van der Waals surface area contributed by atoms with Crippen molar-refractivity contribution in [3.8, 4) is 0 Å². The third kappa shape index (κ3) is 1.41. The van der Waals surface area contributed by atoms with Crippen LogP contribution in [0.15, 0.2) is 22.9 Å². The SMILES string of the molecule is CC(O)c1cc(Cl)c2ocnc2c1. The molecule has 3 nitrogen and oxygen atoms in total. The average Bonchev–Trinajstić information content (AvgIpc) is 2.51. The lowest BCUT2D eigenvalue weighted by atomic mass is 10.1. The molecule has 13 heavy (non-hydrogen) atoms. The molecule has 1 aromatic carbocycles. The normalized spacial score (nSPS) is 13.5. The van der Waals surface area contributed by atoms with Gasteiger partial charge in [0, 0.05) is 0 Å². The molecule has 0 radical (unpaired) electrons. The van der Waals surface area contributed by atoms with Crippen LogP contribution in [0.2, 0.25) is 5.02 Å². The predicted molar refractivity (Wildman–Crippen MR) is 49.7 cm³/mol. The Morgan fingerprint density at radius 1 is 1.54 bits per heavy atom. The summed E-state index contributed by atoms with van der Waals surface area (Å²) in [5, 5.41) is 9.81. The number of halogens is 1. The van der Waals surface area contributed by atoms with E-state index in [0.29, 0.717) is 16.1 Å². The first-order chi connectivity index (χ1) is 6.18. The lowest BCUT2D eigenvalue weighted by Gasteiger charge is -2.03. The Morgan fingerprint density at radius 3 is 3.00 bits per heavy atom. The van der Waals surface area contributed by atoms with Crippen LogP contribution in [0.25, 0.3) is 11.1 Å². The van der Waals surface area contributed by atoms with E-state index in [9.17, 15) is 5.11 Å². The second kappa shape index (κ2) is 3.01. The number of oxazole rings is 1. The molecule has 4 heteroatoms. The average molecular weight is 198 g/mol. The molecule has 0 aliphatic rings. The highest BCUT2D eigenvalue weighted by atomic mass is 35.5. The van der Waals surface area contributed by atoms with Crippen molar-refractivity contribution in [1.29, 1.82) is 0 Å². The molecule has 0 amide bonds. The number of hydrogen-bond acceptors (Lipinski definition) is 3. The minimum Gasteiger partial charge on any atom is -0.442 e. The van der Waals surface area contributed by atoms with E-state index >= 15 is 0 Å². The molecular weight excluding hydrogens is 190 g/mol. The number of nitrogens with zero attached hydrogens (tertiary/aromatic N) is 1. The van der Waals surface area contributed by atoms with Gasteiger partial charge in [0.25, 0.3) is 0 Å². The van der Waals surface area contributed by atoms with E-state index < -0.39 is 6.10 Å². The summed E-state index contributed by atoms with van der Waals surface area (Å²) in [4.78, 5) is 3.96. The van der Waals surface area contributed by atoms with Crippen LogP contribution < -0.4 is 0 Å². The quantitative estimate of drug-likeness (QED) is 0.764. The molecule has 0 aliphatic carbocycles. The molecule has 1 heterocycles. The fourth-order valence-corrected chi connectivity index (χ4v) is 1.46. The van der Waals surface area contributed by atoms with Gasteiger partial charge in [-0.15, -0.1) is 0 Å². The summed E-state index contributed by atoms with van der Waals surface area (Å²) in [7, 11) is 0. The van der Waals surface area contributed by atoms with Crippen LogP contribution in [0.4, 0.5) is 0 Å². The van der Waals surface area contributed by atoms with Crippen LogP contribution in [0, 0.1) is 0 Å². The van der Waals surface area contributed by atoms with Crippen molar-refractivity contribution >= 4 is 22.7 Å². The van der Waals surface area contributed by atoms with E-state index in [-0.39, 0.29) is 0 Å². The standard InChI is InChI=1S/C9H8ClNO2/c1-5(12)6-2-7(10)9-8(3-6)11-4-13-9/h2-5,12H,1H3. The van der Waals surface area contributed by atoms with Crippen LogP contribution in [0.3, 0.4) is 0 Å². The zero-order chi connectivity index (χ0) is 9.42. The number of aliphatic hydroxyl groups is 1. The molecule has 1 unspecified atom stereocenters. The number of fused-ring (bicyclic) bond motifs is 1. The minimum absolute atomic E-state index is 0.478. The maximum absolute atomic E-state index is 9.33. The summed E-state index contributed by atoms with van der Waals surface area (Å²) in [5.41, 5.74) is 1.97. The lowest BCUT2D eigenvalue weighted by molar-refractivity contribution is 0.199. The minimum atomic E-state index is -0.543. The van der Waals surface area contributed by atoms with Gasteiger partial charge in [0.2, 0.25) is 0 Å². The predicted octanol–water partition coefficient (Wildman–Crippen LogP) is 2.53. The van der Waals surface area contributed by atoms with Gasteiger partial charge in [-0.3, -0.25) is 0 Å². The first-order valence-corrected chi connectivity index (χ1v) is 4.27. The highest BCUT2D eigenvalue weighted by Gasteiger charge is 2.08. The molecule has 0 bridgehead atoms. The van der Waals surface area contributed by atoms with Crippen LogP contribution in [0.1, 0.15) is 18.6 Å². The monoisotopic (exact) mass is 197 g/mol.